The number of rotatable bonds is 4. The molecule has 0 saturated carbocycles. The van der Waals surface area contributed by atoms with Crippen LogP contribution < -0.4 is 10.6 Å². The Labute approximate surface area is 142 Å². The van der Waals surface area contributed by atoms with Crippen molar-refractivity contribution in [3.63, 3.8) is 0 Å². The number of imidazole rings is 1. The van der Waals surface area contributed by atoms with Gasteiger partial charge in [-0.25, -0.2) is 4.98 Å². The lowest BCUT2D eigenvalue weighted by Gasteiger charge is -2.10. The number of anilines is 1. The highest BCUT2D eigenvalue weighted by atomic mass is 35.5. The predicted octanol–water partition coefficient (Wildman–Crippen LogP) is 2.65. The Kier molecular flexibility index (Phi) is 7.38. The van der Waals surface area contributed by atoms with Gasteiger partial charge >= 0.3 is 0 Å². The average molecular weight is 343 g/mol. The maximum atomic E-state index is 12.0. The first-order valence-corrected chi connectivity index (χ1v) is 6.90. The highest BCUT2D eigenvalue weighted by Gasteiger charge is 2.18. The third-order valence-electron chi connectivity index (χ3n) is 3.57. The SMILES string of the molecule is Cl.Cl.O=C(CC1CCNC1)Nc1cccc(-n2ccnc2)c1. The molecule has 1 aromatic carbocycles. The van der Waals surface area contributed by atoms with Gasteiger partial charge in [-0.3, -0.25) is 4.79 Å². The molecule has 5 nitrogen and oxygen atoms in total. The Morgan fingerprint density at radius 2 is 2.27 bits per heavy atom. The molecular formula is C15H20Cl2N4O. The van der Waals surface area contributed by atoms with E-state index < -0.39 is 0 Å². The van der Waals surface area contributed by atoms with Crippen LogP contribution in [0.15, 0.2) is 43.0 Å². The van der Waals surface area contributed by atoms with Crippen molar-refractivity contribution >= 4 is 36.4 Å². The van der Waals surface area contributed by atoms with Crippen molar-refractivity contribution in [1.29, 1.82) is 0 Å². The fourth-order valence-corrected chi connectivity index (χ4v) is 2.52. The second-order valence-corrected chi connectivity index (χ2v) is 5.13. The molecule has 1 aromatic heterocycles. The molecule has 22 heavy (non-hydrogen) atoms. The van der Waals surface area contributed by atoms with Crippen LogP contribution >= 0.6 is 24.8 Å². The fraction of sp³-hybridized carbons (Fsp3) is 0.333. The predicted molar refractivity (Wildman–Crippen MR) is 92.3 cm³/mol. The van der Waals surface area contributed by atoms with Gasteiger partial charge in [0.15, 0.2) is 0 Å². The Morgan fingerprint density at radius 1 is 1.41 bits per heavy atom. The van der Waals surface area contributed by atoms with E-state index in [2.05, 4.69) is 15.6 Å². The van der Waals surface area contributed by atoms with Crippen molar-refractivity contribution in [3.05, 3.63) is 43.0 Å². The molecule has 1 atom stereocenters. The van der Waals surface area contributed by atoms with Crippen LogP contribution in [0.2, 0.25) is 0 Å². The maximum Gasteiger partial charge on any atom is 0.224 e. The lowest BCUT2D eigenvalue weighted by molar-refractivity contribution is -0.116. The zero-order valence-electron chi connectivity index (χ0n) is 12.1. The smallest absolute Gasteiger partial charge is 0.224 e. The van der Waals surface area contributed by atoms with E-state index in [0.717, 1.165) is 30.9 Å². The molecule has 2 N–H and O–H groups in total. The Morgan fingerprint density at radius 3 is 2.95 bits per heavy atom. The molecule has 7 heteroatoms. The van der Waals surface area contributed by atoms with Crippen molar-refractivity contribution < 1.29 is 4.79 Å². The molecule has 3 rings (SSSR count). The highest BCUT2D eigenvalue weighted by Crippen LogP contribution is 2.17. The molecular weight excluding hydrogens is 323 g/mol. The third kappa shape index (κ3) is 4.73. The van der Waals surface area contributed by atoms with Crippen molar-refractivity contribution in [2.45, 2.75) is 12.8 Å². The Hall–Kier alpha value is -1.56. The van der Waals surface area contributed by atoms with E-state index >= 15 is 0 Å². The van der Waals surface area contributed by atoms with Crippen LogP contribution in [0, 0.1) is 5.92 Å². The van der Waals surface area contributed by atoms with Crippen LogP contribution in [0.3, 0.4) is 0 Å². The van der Waals surface area contributed by atoms with E-state index in [9.17, 15) is 4.79 Å². The average Bonchev–Trinajstić information content (AvgIpc) is 3.11. The first kappa shape index (κ1) is 18.5. The maximum absolute atomic E-state index is 12.0. The minimum absolute atomic E-state index is 0. The minimum atomic E-state index is 0. The Balaban J connectivity index is 0.00000121. The largest absolute Gasteiger partial charge is 0.326 e. The number of hydrogen-bond donors (Lipinski definition) is 2. The van der Waals surface area contributed by atoms with Gasteiger partial charge in [-0.05, 0) is 43.6 Å². The fourth-order valence-electron chi connectivity index (χ4n) is 2.52. The number of carbonyl (C=O) groups is 1. The van der Waals surface area contributed by atoms with Crippen molar-refractivity contribution in [3.8, 4) is 5.69 Å². The first-order chi connectivity index (χ1) is 9.81. The third-order valence-corrected chi connectivity index (χ3v) is 3.57. The van der Waals surface area contributed by atoms with Crippen LogP contribution in [0.5, 0.6) is 0 Å². The lowest BCUT2D eigenvalue weighted by Crippen LogP contribution is -2.18. The molecule has 1 aliphatic heterocycles. The van der Waals surface area contributed by atoms with Gasteiger partial charge in [-0.15, -0.1) is 24.8 Å². The number of halogens is 2. The second-order valence-electron chi connectivity index (χ2n) is 5.13. The monoisotopic (exact) mass is 342 g/mol. The summed E-state index contributed by atoms with van der Waals surface area (Å²) in [7, 11) is 0. The van der Waals surface area contributed by atoms with E-state index in [0.29, 0.717) is 12.3 Å². The molecule has 0 radical (unpaired) electrons. The summed E-state index contributed by atoms with van der Waals surface area (Å²) in [6, 6.07) is 7.78. The number of hydrogen-bond acceptors (Lipinski definition) is 3. The quantitative estimate of drug-likeness (QED) is 0.897. The van der Waals surface area contributed by atoms with Gasteiger partial charge in [-0.1, -0.05) is 6.07 Å². The summed E-state index contributed by atoms with van der Waals surface area (Å²) in [5.41, 5.74) is 1.81. The molecule has 1 fully saturated rings. The molecule has 2 aromatic rings. The van der Waals surface area contributed by atoms with Gasteiger partial charge in [0.25, 0.3) is 0 Å². The van der Waals surface area contributed by atoms with E-state index in [1.807, 2.05) is 35.0 Å². The molecule has 1 aliphatic rings. The van der Waals surface area contributed by atoms with Gasteiger partial charge in [-0.2, -0.15) is 0 Å². The first-order valence-electron chi connectivity index (χ1n) is 6.90. The van der Waals surface area contributed by atoms with E-state index in [4.69, 9.17) is 0 Å². The van der Waals surface area contributed by atoms with E-state index in [1.54, 1.807) is 12.5 Å². The molecule has 120 valence electrons. The van der Waals surface area contributed by atoms with Crippen molar-refractivity contribution in [2.24, 2.45) is 5.92 Å². The van der Waals surface area contributed by atoms with Crippen LogP contribution in [0.25, 0.3) is 5.69 Å². The highest BCUT2D eigenvalue weighted by molar-refractivity contribution is 5.91. The number of nitrogens with one attached hydrogen (secondary N) is 2. The zero-order valence-corrected chi connectivity index (χ0v) is 13.7. The van der Waals surface area contributed by atoms with Gasteiger partial charge < -0.3 is 15.2 Å². The molecule has 1 saturated heterocycles. The zero-order chi connectivity index (χ0) is 13.8. The van der Waals surface area contributed by atoms with Crippen LogP contribution in [-0.2, 0) is 4.79 Å². The molecule has 1 amide bonds. The molecule has 0 spiro atoms. The van der Waals surface area contributed by atoms with Gasteiger partial charge in [0.05, 0.1) is 6.33 Å². The summed E-state index contributed by atoms with van der Waals surface area (Å²) in [6.45, 7) is 1.97. The summed E-state index contributed by atoms with van der Waals surface area (Å²) in [4.78, 5) is 16.0. The van der Waals surface area contributed by atoms with Crippen molar-refractivity contribution in [1.82, 2.24) is 14.9 Å². The number of aromatic nitrogens is 2. The lowest BCUT2D eigenvalue weighted by atomic mass is 10.0. The van der Waals surface area contributed by atoms with E-state index in [-0.39, 0.29) is 30.7 Å². The topological polar surface area (TPSA) is 59.0 Å². The number of carbonyl (C=O) groups excluding carboxylic acids is 1. The summed E-state index contributed by atoms with van der Waals surface area (Å²) in [5, 5.41) is 6.25. The second kappa shape index (κ2) is 8.78. The van der Waals surface area contributed by atoms with E-state index in [1.165, 1.54) is 0 Å². The molecule has 0 bridgehead atoms. The molecule has 2 heterocycles. The van der Waals surface area contributed by atoms with Gasteiger partial charge in [0.2, 0.25) is 5.91 Å². The normalized spacial score (nSPS) is 16.5. The van der Waals surface area contributed by atoms with Gasteiger partial charge in [0, 0.05) is 30.2 Å². The van der Waals surface area contributed by atoms with Crippen LogP contribution in [0.1, 0.15) is 12.8 Å². The van der Waals surface area contributed by atoms with Crippen LogP contribution in [-0.4, -0.2) is 28.5 Å². The summed E-state index contributed by atoms with van der Waals surface area (Å²) < 4.78 is 1.91. The minimum Gasteiger partial charge on any atom is -0.326 e. The van der Waals surface area contributed by atoms with Crippen molar-refractivity contribution in [2.75, 3.05) is 18.4 Å². The van der Waals surface area contributed by atoms with Crippen LogP contribution in [0.4, 0.5) is 5.69 Å². The summed E-state index contributed by atoms with van der Waals surface area (Å²) in [6.07, 6.45) is 7.03. The summed E-state index contributed by atoms with van der Waals surface area (Å²) >= 11 is 0. The standard InChI is InChI=1S/C15H18N4O.2ClH/c20-15(8-12-4-5-16-10-12)18-13-2-1-3-14(9-13)19-7-6-17-11-19;;/h1-3,6-7,9,11-12,16H,4-5,8,10H2,(H,18,20);2*1H. The number of amides is 1. The number of benzene rings is 1. The molecule has 1 unspecified atom stereocenters. The van der Waals surface area contributed by atoms with Gasteiger partial charge in [0.1, 0.15) is 0 Å². The molecule has 0 aliphatic carbocycles. The Bertz CT molecular complexity index is 583. The summed E-state index contributed by atoms with van der Waals surface area (Å²) in [5.74, 6) is 0.549. The number of nitrogens with zero attached hydrogens (tertiary/aromatic N) is 2.